The Morgan fingerprint density at radius 2 is 1.83 bits per heavy atom. The number of hydrogen-bond acceptors (Lipinski definition) is 2. The standard InChI is InChI=1S/C12H15Cl2N3S/c13-10-5-4-9(8-11(10)14)15-12(18)16-17-6-2-1-3-7-17/h4-5,8H,1-3,6-7H2,(H2,15,16,18). The fourth-order valence-electron chi connectivity index (χ4n) is 1.88. The summed E-state index contributed by atoms with van der Waals surface area (Å²) >= 11 is 17.1. The van der Waals surface area contributed by atoms with E-state index in [-0.39, 0.29) is 0 Å². The lowest BCUT2D eigenvalue weighted by atomic mass is 10.2. The van der Waals surface area contributed by atoms with Crippen molar-refractivity contribution in [2.45, 2.75) is 19.3 Å². The van der Waals surface area contributed by atoms with Crippen molar-refractivity contribution in [2.75, 3.05) is 18.4 Å². The summed E-state index contributed by atoms with van der Waals surface area (Å²) in [6.45, 7) is 2.06. The maximum absolute atomic E-state index is 5.94. The molecule has 2 rings (SSSR count). The second-order valence-electron chi connectivity index (χ2n) is 4.24. The van der Waals surface area contributed by atoms with Gasteiger partial charge in [0.2, 0.25) is 0 Å². The number of hydrazine groups is 1. The van der Waals surface area contributed by atoms with E-state index in [9.17, 15) is 0 Å². The van der Waals surface area contributed by atoms with Crippen LogP contribution in [0.4, 0.5) is 5.69 Å². The third kappa shape index (κ3) is 3.99. The molecule has 0 bridgehead atoms. The summed E-state index contributed by atoms with van der Waals surface area (Å²) in [4.78, 5) is 0. The molecule has 1 aromatic rings. The lowest BCUT2D eigenvalue weighted by Crippen LogP contribution is -2.46. The monoisotopic (exact) mass is 303 g/mol. The fraction of sp³-hybridized carbons (Fsp3) is 0.417. The highest BCUT2D eigenvalue weighted by atomic mass is 35.5. The van der Waals surface area contributed by atoms with Crippen molar-refractivity contribution in [3.05, 3.63) is 28.2 Å². The maximum Gasteiger partial charge on any atom is 0.185 e. The molecule has 0 aromatic heterocycles. The van der Waals surface area contributed by atoms with Crippen LogP contribution in [0, 0.1) is 0 Å². The number of benzene rings is 1. The van der Waals surface area contributed by atoms with Crippen molar-refractivity contribution in [2.24, 2.45) is 0 Å². The van der Waals surface area contributed by atoms with E-state index < -0.39 is 0 Å². The van der Waals surface area contributed by atoms with Crippen molar-refractivity contribution in [3.63, 3.8) is 0 Å². The van der Waals surface area contributed by atoms with Crippen LogP contribution in [0.2, 0.25) is 10.0 Å². The van der Waals surface area contributed by atoms with Gasteiger partial charge in [-0.2, -0.15) is 0 Å². The van der Waals surface area contributed by atoms with Crippen LogP contribution in [0.15, 0.2) is 18.2 Å². The Hall–Kier alpha value is -0.550. The Labute approximate surface area is 122 Å². The number of hydrogen-bond donors (Lipinski definition) is 2. The van der Waals surface area contributed by atoms with Gasteiger partial charge < -0.3 is 5.32 Å². The molecule has 1 aliphatic heterocycles. The van der Waals surface area contributed by atoms with E-state index in [1.807, 2.05) is 6.07 Å². The molecular formula is C12H15Cl2N3S. The first-order chi connectivity index (χ1) is 8.65. The van der Waals surface area contributed by atoms with Crippen molar-refractivity contribution >= 4 is 46.2 Å². The van der Waals surface area contributed by atoms with Gasteiger partial charge in [-0.1, -0.05) is 29.6 Å². The number of nitrogens with zero attached hydrogens (tertiary/aromatic N) is 1. The zero-order chi connectivity index (χ0) is 13.0. The molecule has 0 saturated carbocycles. The van der Waals surface area contributed by atoms with Crippen LogP contribution >= 0.6 is 35.4 Å². The topological polar surface area (TPSA) is 27.3 Å². The summed E-state index contributed by atoms with van der Waals surface area (Å²) in [5.74, 6) is 0. The SMILES string of the molecule is S=C(Nc1ccc(Cl)c(Cl)c1)NN1CCCCC1. The van der Waals surface area contributed by atoms with Crippen LogP contribution < -0.4 is 10.7 Å². The highest BCUT2D eigenvalue weighted by Crippen LogP contribution is 2.24. The van der Waals surface area contributed by atoms with E-state index in [4.69, 9.17) is 35.4 Å². The summed E-state index contributed by atoms with van der Waals surface area (Å²) in [5, 5.41) is 6.86. The van der Waals surface area contributed by atoms with Gasteiger partial charge >= 0.3 is 0 Å². The normalized spacial score (nSPS) is 16.3. The molecule has 98 valence electrons. The van der Waals surface area contributed by atoms with E-state index in [1.54, 1.807) is 12.1 Å². The molecule has 18 heavy (non-hydrogen) atoms. The number of piperidine rings is 1. The summed E-state index contributed by atoms with van der Waals surface area (Å²) in [6, 6.07) is 5.35. The van der Waals surface area contributed by atoms with E-state index >= 15 is 0 Å². The van der Waals surface area contributed by atoms with Crippen molar-refractivity contribution < 1.29 is 0 Å². The number of halogens is 2. The number of anilines is 1. The average Bonchev–Trinajstić information content (AvgIpc) is 2.35. The van der Waals surface area contributed by atoms with Crippen molar-refractivity contribution in [3.8, 4) is 0 Å². The highest BCUT2D eigenvalue weighted by Gasteiger charge is 2.10. The van der Waals surface area contributed by atoms with Gasteiger partial charge in [-0.3, -0.25) is 5.43 Å². The van der Waals surface area contributed by atoms with Crippen LogP contribution in [0.25, 0.3) is 0 Å². The molecule has 0 atom stereocenters. The van der Waals surface area contributed by atoms with Crippen molar-refractivity contribution in [1.29, 1.82) is 0 Å². The number of thiocarbonyl (C=S) groups is 1. The highest BCUT2D eigenvalue weighted by molar-refractivity contribution is 7.80. The van der Waals surface area contributed by atoms with E-state index in [2.05, 4.69) is 15.8 Å². The quantitative estimate of drug-likeness (QED) is 0.815. The van der Waals surface area contributed by atoms with Gasteiger partial charge in [-0.15, -0.1) is 0 Å². The Morgan fingerprint density at radius 3 is 2.50 bits per heavy atom. The van der Waals surface area contributed by atoms with Gasteiger partial charge in [-0.05, 0) is 43.3 Å². The molecule has 3 nitrogen and oxygen atoms in total. The predicted octanol–water partition coefficient (Wildman–Crippen LogP) is 3.68. The minimum Gasteiger partial charge on any atom is -0.332 e. The molecule has 0 spiro atoms. The van der Waals surface area contributed by atoms with Gasteiger partial charge in [0, 0.05) is 18.8 Å². The predicted molar refractivity (Wildman–Crippen MR) is 81.2 cm³/mol. The molecule has 1 saturated heterocycles. The van der Waals surface area contributed by atoms with Gasteiger partial charge in [0.25, 0.3) is 0 Å². The van der Waals surface area contributed by atoms with Gasteiger partial charge in [0.15, 0.2) is 5.11 Å². The Bertz CT molecular complexity index is 433. The van der Waals surface area contributed by atoms with Crippen LogP contribution in [-0.4, -0.2) is 23.2 Å². The van der Waals surface area contributed by atoms with Crippen LogP contribution in [0.5, 0.6) is 0 Å². The molecule has 0 unspecified atom stereocenters. The lowest BCUT2D eigenvalue weighted by molar-refractivity contribution is 0.196. The van der Waals surface area contributed by atoms with E-state index in [0.717, 1.165) is 18.8 Å². The second kappa shape index (κ2) is 6.57. The summed E-state index contributed by atoms with van der Waals surface area (Å²) < 4.78 is 0. The second-order valence-corrected chi connectivity index (χ2v) is 5.47. The zero-order valence-corrected chi connectivity index (χ0v) is 12.2. The first kappa shape index (κ1) is 13.9. The fourth-order valence-corrected chi connectivity index (χ4v) is 2.43. The van der Waals surface area contributed by atoms with Crippen molar-refractivity contribution in [1.82, 2.24) is 10.4 Å². The van der Waals surface area contributed by atoms with Gasteiger partial charge in [0.1, 0.15) is 0 Å². The molecule has 1 aromatic carbocycles. The number of nitrogens with one attached hydrogen (secondary N) is 2. The minimum atomic E-state index is 0.516. The van der Waals surface area contributed by atoms with Gasteiger partial charge in [0.05, 0.1) is 10.0 Å². The smallest absolute Gasteiger partial charge is 0.185 e. The lowest BCUT2D eigenvalue weighted by Gasteiger charge is -2.28. The van der Waals surface area contributed by atoms with Crippen LogP contribution in [-0.2, 0) is 0 Å². The van der Waals surface area contributed by atoms with Crippen LogP contribution in [0.1, 0.15) is 19.3 Å². The molecule has 0 aliphatic carbocycles. The first-order valence-electron chi connectivity index (χ1n) is 5.93. The summed E-state index contributed by atoms with van der Waals surface area (Å²) in [6.07, 6.45) is 3.72. The zero-order valence-electron chi connectivity index (χ0n) is 9.88. The molecule has 0 amide bonds. The Kier molecular flexibility index (Phi) is 5.06. The molecule has 2 N–H and O–H groups in total. The number of rotatable bonds is 2. The maximum atomic E-state index is 5.94. The first-order valence-corrected chi connectivity index (χ1v) is 7.09. The van der Waals surface area contributed by atoms with Crippen LogP contribution in [0.3, 0.4) is 0 Å². The molecule has 0 radical (unpaired) electrons. The molecule has 1 aliphatic rings. The summed E-state index contributed by atoms with van der Waals surface area (Å²) in [5.41, 5.74) is 4.01. The summed E-state index contributed by atoms with van der Waals surface area (Å²) in [7, 11) is 0. The van der Waals surface area contributed by atoms with Gasteiger partial charge in [-0.25, -0.2) is 5.01 Å². The Morgan fingerprint density at radius 1 is 1.11 bits per heavy atom. The average molecular weight is 304 g/mol. The minimum absolute atomic E-state index is 0.516. The third-order valence-corrected chi connectivity index (χ3v) is 3.73. The van der Waals surface area contributed by atoms with E-state index in [1.165, 1.54) is 19.3 Å². The van der Waals surface area contributed by atoms with E-state index in [0.29, 0.717) is 15.2 Å². The molecular weight excluding hydrogens is 289 g/mol. The molecule has 6 heteroatoms. The molecule has 1 heterocycles. The Balaban J connectivity index is 1.88. The largest absolute Gasteiger partial charge is 0.332 e. The molecule has 1 fully saturated rings. The third-order valence-electron chi connectivity index (χ3n) is 2.79.